The van der Waals surface area contributed by atoms with E-state index >= 15 is 0 Å². The van der Waals surface area contributed by atoms with Crippen molar-refractivity contribution in [2.75, 3.05) is 21.3 Å². The van der Waals surface area contributed by atoms with Crippen LogP contribution in [0.25, 0.3) is 0 Å². The molecule has 1 unspecified atom stereocenters. The van der Waals surface area contributed by atoms with E-state index < -0.39 is 6.10 Å². The molecule has 1 aromatic heterocycles. The minimum absolute atomic E-state index is 0.507. The molecule has 2 rings (SSSR count). The van der Waals surface area contributed by atoms with Crippen molar-refractivity contribution in [2.24, 2.45) is 0 Å². The molecule has 0 aliphatic carbocycles. The summed E-state index contributed by atoms with van der Waals surface area (Å²) in [6.07, 6.45) is 2.22. The number of aliphatic hydroxyl groups excluding tert-OH is 1. The van der Waals surface area contributed by atoms with Crippen LogP contribution in [0.1, 0.15) is 17.2 Å². The fourth-order valence-corrected chi connectivity index (χ4v) is 2.09. The highest BCUT2D eigenvalue weighted by molar-refractivity contribution is 5.51. The SMILES string of the molecule is COc1cnccc1C(O)c1c(OC)cccc1OC. The van der Waals surface area contributed by atoms with Crippen molar-refractivity contribution in [1.29, 1.82) is 0 Å². The average molecular weight is 275 g/mol. The molecule has 1 aromatic carbocycles. The minimum atomic E-state index is -0.931. The monoisotopic (exact) mass is 275 g/mol. The van der Waals surface area contributed by atoms with Crippen molar-refractivity contribution in [3.8, 4) is 17.2 Å². The van der Waals surface area contributed by atoms with E-state index in [9.17, 15) is 5.11 Å². The van der Waals surface area contributed by atoms with E-state index in [1.54, 1.807) is 50.9 Å². The van der Waals surface area contributed by atoms with Crippen LogP contribution in [-0.4, -0.2) is 31.4 Å². The van der Waals surface area contributed by atoms with Gasteiger partial charge in [0.05, 0.1) is 33.1 Å². The highest BCUT2D eigenvalue weighted by Crippen LogP contribution is 2.39. The van der Waals surface area contributed by atoms with Gasteiger partial charge in [-0.3, -0.25) is 4.98 Å². The number of hydrogen-bond acceptors (Lipinski definition) is 5. The third-order valence-corrected chi connectivity index (χ3v) is 3.07. The first-order valence-electron chi connectivity index (χ1n) is 6.09. The maximum atomic E-state index is 10.7. The van der Waals surface area contributed by atoms with Crippen molar-refractivity contribution in [3.05, 3.63) is 47.8 Å². The van der Waals surface area contributed by atoms with Crippen LogP contribution in [-0.2, 0) is 0 Å². The maximum absolute atomic E-state index is 10.7. The first-order chi connectivity index (χ1) is 9.72. The highest BCUT2D eigenvalue weighted by atomic mass is 16.5. The summed E-state index contributed by atoms with van der Waals surface area (Å²) in [5, 5.41) is 10.7. The van der Waals surface area contributed by atoms with Crippen molar-refractivity contribution >= 4 is 0 Å². The summed E-state index contributed by atoms with van der Waals surface area (Å²) in [6.45, 7) is 0. The van der Waals surface area contributed by atoms with E-state index in [4.69, 9.17) is 14.2 Å². The summed E-state index contributed by atoms with van der Waals surface area (Å²) >= 11 is 0. The van der Waals surface area contributed by atoms with Crippen molar-refractivity contribution < 1.29 is 19.3 Å². The Labute approximate surface area is 117 Å². The third-order valence-electron chi connectivity index (χ3n) is 3.07. The van der Waals surface area contributed by atoms with E-state index in [0.717, 1.165) is 0 Å². The lowest BCUT2D eigenvalue weighted by molar-refractivity contribution is 0.203. The Hall–Kier alpha value is -2.27. The van der Waals surface area contributed by atoms with Crippen LogP contribution in [0, 0.1) is 0 Å². The Bertz CT molecular complexity index is 564. The van der Waals surface area contributed by atoms with Gasteiger partial charge < -0.3 is 19.3 Å². The molecule has 0 aliphatic rings. The van der Waals surface area contributed by atoms with Crippen LogP contribution in [0.2, 0.25) is 0 Å². The van der Waals surface area contributed by atoms with Crippen molar-refractivity contribution in [2.45, 2.75) is 6.10 Å². The summed E-state index contributed by atoms with van der Waals surface area (Å²) in [4.78, 5) is 3.98. The lowest BCUT2D eigenvalue weighted by Crippen LogP contribution is -2.06. The van der Waals surface area contributed by atoms with Gasteiger partial charge in [-0.25, -0.2) is 0 Å². The van der Waals surface area contributed by atoms with Gasteiger partial charge in [-0.05, 0) is 18.2 Å². The molecule has 0 fully saturated rings. The first kappa shape index (κ1) is 14.1. The molecular weight excluding hydrogens is 258 g/mol. The molecule has 0 spiro atoms. The van der Waals surface area contributed by atoms with Crippen LogP contribution < -0.4 is 14.2 Å². The van der Waals surface area contributed by atoms with E-state index in [0.29, 0.717) is 28.4 Å². The number of methoxy groups -OCH3 is 3. The molecule has 2 aromatic rings. The van der Waals surface area contributed by atoms with Crippen LogP contribution >= 0.6 is 0 Å². The van der Waals surface area contributed by atoms with Gasteiger partial charge in [0.15, 0.2) is 0 Å². The molecule has 5 nitrogen and oxygen atoms in total. The minimum Gasteiger partial charge on any atom is -0.496 e. The molecule has 20 heavy (non-hydrogen) atoms. The van der Waals surface area contributed by atoms with Crippen molar-refractivity contribution in [3.63, 3.8) is 0 Å². The topological polar surface area (TPSA) is 60.8 Å². The van der Waals surface area contributed by atoms with Gasteiger partial charge in [0.25, 0.3) is 0 Å². The van der Waals surface area contributed by atoms with E-state index in [-0.39, 0.29) is 0 Å². The Kier molecular flexibility index (Phi) is 4.42. The molecule has 0 saturated carbocycles. The number of nitrogens with zero attached hydrogens (tertiary/aromatic N) is 1. The zero-order valence-corrected chi connectivity index (χ0v) is 11.7. The van der Waals surface area contributed by atoms with Gasteiger partial charge in [-0.1, -0.05) is 6.07 Å². The highest BCUT2D eigenvalue weighted by Gasteiger charge is 2.23. The second kappa shape index (κ2) is 6.25. The van der Waals surface area contributed by atoms with Crippen LogP contribution in [0.5, 0.6) is 17.2 Å². The number of hydrogen-bond donors (Lipinski definition) is 1. The van der Waals surface area contributed by atoms with Gasteiger partial charge in [-0.15, -0.1) is 0 Å². The van der Waals surface area contributed by atoms with Gasteiger partial charge in [0.2, 0.25) is 0 Å². The quantitative estimate of drug-likeness (QED) is 0.906. The predicted molar refractivity (Wildman–Crippen MR) is 74.4 cm³/mol. The number of rotatable bonds is 5. The lowest BCUT2D eigenvalue weighted by Gasteiger charge is -2.19. The number of benzene rings is 1. The summed E-state index contributed by atoms with van der Waals surface area (Å²) in [5.74, 6) is 1.61. The molecule has 5 heteroatoms. The fraction of sp³-hybridized carbons (Fsp3) is 0.267. The molecule has 0 bridgehead atoms. The second-order valence-electron chi connectivity index (χ2n) is 4.10. The Balaban J connectivity index is 2.55. The molecule has 0 aliphatic heterocycles. The normalized spacial score (nSPS) is 11.8. The van der Waals surface area contributed by atoms with Crippen LogP contribution in [0.15, 0.2) is 36.7 Å². The van der Waals surface area contributed by atoms with Crippen LogP contribution in [0.4, 0.5) is 0 Å². The van der Waals surface area contributed by atoms with E-state index in [1.165, 1.54) is 7.11 Å². The molecule has 0 radical (unpaired) electrons. The van der Waals surface area contributed by atoms with E-state index in [1.807, 2.05) is 0 Å². The molecule has 1 heterocycles. The molecule has 1 N–H and O–H groups in total. The summed E-state index contributed by atoms with van der Waals surface area (Å²) < 4.78 is 15.8. The Morgan fingerprint density at radius 3 is 2.10 bits per heavy atom. The molecule has 1 atom stereocenters. The summed E-state index contributed by atoms with van der Waals surface area (Å²) in [7, 11) is 4.64. The summed E-state index contributed by atoms with van der Waals surface area (Å²) in [5.41, 5.74) is 1.16. The standard InChI is InChI=1S/C15H17NO4/c1-18-11-5-4-6-12(19-2)14(11)15(17)10-7-8-16-9-13(10)20-3/h4-9,15,17H,1-3H3. The molecule has 106 valence electrons. The predicted octanol–water partition coefficient (Wildman–Crippen LogP) is 2.19. The zero-order valence-electron chi connectivity index (χ0n) is 11.7. The van der Waals surface area contributed by atoms with Crippen LogP contribution in [0.3, 0.4) is 0 Å². The Morgan fingerprint density at radius 2 is 1.55 bits per heavy atom. The molecule has 0 saturated heterocycles. The largest absolute Gasteiger partial charge is 0.496 e. The van der Waals surface area contributed by atoms with Crippen molar-refractivity contribution in [1.82, 2.24) is 4.98 Å². The zero-order chi connectivity index (χ0) is 14.5. The van der Waals surface area contributed by atoms with Gasteiger partial charge in [0.1, 0.15) is 23.4 Å². The first-order valence-corrected chi connectivity index (χ1v) is 6.09. The third kappa shape index (κ3) is 2.53. The van der Waals surface area contributed by atoms with Gasteiger partial charge >= 0.3 is 0 Å². The maximum Gasteiger partial charge on any atom is 0.143 e. The number of aliphatic hydroxyl groups is 1. The van der Waals surface area contributed by atoms with E-state index in [2.05, 4.69) is 4.98 Å². The second-order valence-corrected chi connectivity index (χ2v) is 4.10. The molecule has 0 amide bonds. The lowest BCUT2D eigenvalue weighted by atomic mass is 10.00. The Morgan fingerprint density at radius 1 is 0.950 bits per heavy atom. The number of ether oxygens (including phenoxy) is 3. The smallest absolute Gasteiger partial charge is 0.143 e. The summed E-state index contributed by atoms with van der Waals surface area (Å²) in [6, 6.07) is 7.05. The van der Waals surface area contributed by atoms with Gasteiger partial charge in [0, 0.05) is 11.8 Å². The fourth-order valence-electron chi connectivity index (χ4n) is 2.09. The van der Waals surface area contributed by atoms with Gasteiger partial charge in [-0.2, -0.15) is 0 Å². The average Bonchev–Trinajstić information content (AvgIpc) is 2.53. The number of aromatic nitrogens is 1. The number of pyridine rings is 1. The molecular formula is C15H17NO4.